The fraction of sp³-hybridized carbons (Fsp3) is 0.250. The maximum Gasteiger partial charge on any atom is 0.265 e. The molecule has 1 aromatic carbocycles. The molecule has 0 aliphatic heterocycles. The van der Waals surface area contributed by atoms with Crippen LogP contribution in [0.15, 0.2) is 54.3 Å². The standard InChI is InChI=1S/C16H18N2O2/c1-17(2)15-10-8-13(9-11-15)6-7-14-4-3-5-16(12-14)18(19)20/h3,5-12,14H,4H2,1-2H3/b7-6+/t14-/m0/s1. The molecule has 0 bridgehead atoms. The lowest BCUT2D eigenvalue weighted by Gasteiger charge is -2.12. The molecule has 1 aromatic rings. The Morgan fingerprint density at radius 3 is 2.60 bits per heavy atom. The lowest BCUT2D eigenvalue weighted by atomic mass is 9.98. The van der Waals surface area contributed by atoms with Crippen molar-refractivity contribution in [2.45, 2.75) is 6.42 Å². The zero-order valence-corrected chi connectivity index (χ0v) is 11.7. The first-order valence-corrected chi connectivity index (χ1v) is 6.54. The Balaban J connectivity index is 2.06. The number of benzene rings is 1. The molecule has 0 heterocycles. The van der Waals surface area contributed by atoms with Crippen molar-refractivity contribution in [2.75, 3.05) is 19.0 Å². The molecular weight excluding hydrogens is 252 g/mol. The summed E-state index contributed by atoms with van der Waals surface area (Å²) in [7, 11) is 4.01. The predicted octanol–water partition coefficient (Wildman–Crippen LogP) is 3.50. The van der Waals surface area contributed by atoms with Gasteiger partial charge in [0.25, 0.3) is 5.70 Å². The Labute approximate surface area is 118 Å². The van der Waals surface area contributed by atoms with Crippen molar-refractivity contribution < 1.29 is 4.92 Å². The average molecular weight is 270 g/mol. The van der Waals surface area contributed by atoms with Gasteiger partial charge in [0.2, 0.25) is 0 Å². The maximum atomic E-state index is 10.7. The van der Waals surface area contributed by atoms with Gasteiger partial charge in [-0.3, -0.25) is 10.1 Å². The van der Waals surface area contributed by atoms with E-state index in [1.807, 2.05) is 49.4 Å². The fourth-order valence-electron chi connectivity index (χ4n) is 2.06. The van der Waals surface area contributed by atoms with E-state index in [1.54, 1.807) is 12.2 Å². The summed E-state index contributed by atoms with van der Waals surface area (Å²) in [4.78, 5) is 12.4. The molecule has 0 spiro atoms. The van der Waals surface area contributed by atoms with Crippen LogP contribution in [-0.4, -0.2) is 19.0 Å². The largest absolute Gasteiger partial charge is 0.378 e. The van der Waals surface area contributed by atoms with Crippen LogP contribution in [0, 0.1) is 16.0 Å². The highest BCUT2D eigenvalue weighted by molar-refractivity contribution is 5.56. The number of nitro groups is 1. The molecule has 0 saturated heterocycles. The third kappa shape index (κ3) is 3.57. The lowest BCUT2D eigenvalue weighted by Crippen LogP contribution is -2.07. The molecule has 0 unspecified atom stereocenters. The summed E-state index contributed by atoms with van der Waals surface area (Å²) in [5.41, 5.74) is 2.42. The minimum atomic E-state index is -0.345. The van der Waals surface area contributed by atoms with Crippen molar-refractivity contribution >= 4 is 11.8 Å². The van der Waals surface area contributed by atoms with Crippen LogP contribution in [0.4, 0.5) is 5.69 Å². The average Bonchev–Trinajstić information content (AvgIpc) is 2.46. The number of anilines is 1. The quantitative estimate of drug-likeness (QED) is 0.621. The Morgan fingerprint density at radius 1 is 1.30 bits per heavy atom. The van der Waals surface area contributed by atoms with Crippen LogP contribution in [0.1, 0.15) is 12.0 Å². The van der Waals surface area contributed by atoms with E-state index in [0.717, 1.165) is 17.7 Å². The zero-order chi connectivity index (χ0) is 14.5. The van der Waals surface area contributed by atoms with E-state index < -0.39 is 0 Å². The number of hydrogen-bond acceptors (Lipinski definition) is 3. The van der Waals surface area contributed by atoms with Gasteiger partial charge in [-0.1, -0.05) is 30.4 Å². The molecule has 0 aromatic heterocycles. The Morgan fingerprint density at radius 2 is 2.00 bits per heavy atom. The number of nitrogens with zero attached hydrogens (tertiary/aromatic N) is 2. The third-order valence-corrected chi connectivity index (χ3v) is 3.24. The van der Waals surface area contributed by atoms with Crippen molar-refractivity contribution in [3.63, 3.8) is 0 Å². The first-order chi connectivity index (χ1) is 9.56. The molecule has 1 atom stereocenters. The molecule has 4 nitrogen and oxygen atoms in total. The smallest absolute Gasteiger partial charge is 0.265 e. The first kappa shape index (κ1) is 14.1. The van der Waals surface area contributed by atoms with Crippen molar-refractivity contribution in [2.24, 2.45) is 5.92 Å². The van der Waals surface area contributed by atoms with Gasteiger partial charge in [0, 0.05) is 37.9 Å². The van der Waals surface area contributed by atoms with Gasteiger partial charge in [0.15, 0.2) is 0 Å². The second kappa shape index (κ2) is 6.19. The highest BCUT2D eigenvalue weighted by atomic mass is 16.6. The van der Waals surface area contributed by atoms with E-state index in [1.165, 1.54) is 0 Å². The third-order valence-electron chi connectivity index (χ3n) is 3.24. The lowest BCUT2D eigenvalue weighted by molar-refractivity contribution is -0.419. The minimum Gasteiger partial charge on any atom is -0.378 e. The fourth-order valence-corrected chi connectivity index (χ4v) is 2.06. The van der Waals surface area contributed by atoms with Crippen LogP contribution in [0.3, 0.4) is 0 Å². The summed E-state index contributed by atoms with van der Waals surface area (Å²) in [5, 5.41) is 10.7. The molecule has 1 aliphatic carbocycles. The summed E-state index contributed by atoms with van der Waals surface area (Å²) in [6.45, 7) is 0. The van der Waals surface area contributed by atoms with Crippen LogP contribution < -0.4 is 4.90 Å². The highest BCUT2D eigenvalue weighted by Crippen LogP contribution is 2.20. The SMILES string of the molecule is CN(C)c1ccc(/C=C/[C@H]2C=C([N+](=O)[O-])C=CC2)cc1. The van der Waals surface area contributed by atoms with Crippen molar-refractivity contribution in [1.29, 1.82) is 0 Å². The van der Waals surface area contributed by atoms with Gasteiger partial charge in [-0.25, -0.2) is 0 Å². The molecule has 1 aliphatic rings. The van der Waals surface area contributed by atoms with Crippen LogP contribution in [-0.2, 0) is 0 Å². The Hall–Kier alpha value is -2.36. The molecule has 20 heavy (non-hydrogen) atoms. The zero-order valence-electron chi connectivity index (χ0n) is 11.7. The molecule has 4 heteroatoms. The molecule has 0 fully saturated rings. The highest BCUT2D eigenvalue weighted by Gasteiger charge is 2.13. The topological polar surface area (TPSA) is 46.4 Å². The minimum absolute atomic E-state index is 0.0916. The van der Waals surface area contributed by atoms with E-state index in [9.17, 15) is 10.1 Å². The van der Waals surface area contributed by atoms with Gasteiger partial charge in [0.1, 0.15) is 0 Å². The van der Waals surface area contributed by atoms with Gasteiger partial charge in [-0.2, -0.15) is 0 Å². The summed E-state index contributed by atoms with van der Waals surface area (Å²) >= 11 is 0. The second-order valence-corrected chi connectivity index (χ2v) is 5.00. The Kier molecular flexibility index (Phi) is 4.35. The second-order valence-electron chi connectivity index (χ2n) is 5.00. The van der Waals surface area contributed by atoms with E-state index in [0.29, 0.717) is 0 Å². The van der Waals surface area contributed by atoms with Crippen molar-refractivity contribution in [3.8, 4) is 0 Å². The summed E-state index contributed by atoms with van der Waals surface area (Å²) in [6.07, 6.45) is 9.95. The maximum absolute atomic E-state index is 10.7. The number of allylic oxidation sites excluding steroid dienone is 4. The number of hydrogen-bond donors (Lipinski definition) is 0. The van der Waals surface area contributed by atoms with Crippen LogP contribution >= 0.6 is 0 Å². The first-order valence-electron chi connectivity index (χ1n) is 6.54. The van der Waals surface area contributed by atoms with Gasteiger partial charge in [0.05, 0.1) is 4.92 Å². The van der Waals surface area contributed by atoms with Crippen molar-refractivity contribution in [1.82, 2.24) is 0 Å². The molecule has 0 N–H and O–H groups in total. The molecule has 0 radical (unpaired) electrons. The van der Waals surface area contributed by atoms with Gasteiger partial charge in [-0.05, 0) is 24.1 Å². The molecule has 0 amide bonds. The number of rotatable bonds is 4. The van der Waals surface area contributed by atoms with Crippen molar-refractivity contribution in [3.05, 3.63) is 69.9 Å². The van der Waals surface area contributed by atoms with Crippen LogP contribution in [0.5, 0.6) is 0 Å². The van der Waals surface area contributed by atoms with E-state index in [2.05, 4.69) is 12.1 Å². The van der Waals surface area contributed by atoms with Gasteiger partial charge >= 0.3 is 0 Å². The Bertz CT molecular complexity index is 569. The van der Waals surface area contributed by atoms with Gasteiger partial charge < -0.3 is 4.90 Å². The summed E-state index contributed by atoms with van der Waals surface area (Å²) in [6, 6.07) is 8.20. The molecule has 0 saturated carbocycles. The predicted molar refractivity (Wildman–Crippen MR) is 82.1 cm³/mol. The van der Waals surface area contributed by atoms with E-state index in [4.69, 9.17) is 0 Å². The van der Waals surface area contributed by atoms with E-state index >= 15 is 0 Å². The van der Waals surface area contributed by atoms with Gasteiger partial charge in [-0.15, -0.1) is 0 Å². The van der Waals surface area contributed by atoms with Crippen LogP contribution in [0.25, 0.3) is 6.08 Å². The molecule has 104 valence electrons. The van der Waals surface area contributed by atoms with E-state index in [-0.39, 0.29) is 16.5 Å². The van der Waals surface area contributed by atoms with Crippen LogP contribution in [0.2, 0.25) is 0 Å². The molecule has 2 rings (SSSR count). The normalized spacial score (nSPS) is 18.1. The summed E-state index contributed by atoms with van der Waals surface area (Å²) in [5.74, 6) is 0.0916. The summed E-state index contributed by atoms with van der Waals surface area (Å²) < 4.78 is 0. The molecular formula is C16H18N2O2. The monoisotopic (exact) mass is 270 g/mol.